The van der Waals surface area contributed by atoms with Crippen LogP contribution in [0.2, 0.25) is 0 Å². The van der Waals surface area contributed by atoms with Gasteiger partial charge in [0, 0.05) is 55.1 Å². The van der Waals surface area contributed by atoms with Gasteiger partial charge in [-0.2, -0.15) is 4.98 Å². The van der Waals surface area contributed by atoms with Crippen LogP contribution in [0.4, 0.5) is 0 Å². The van der Waals surface area contributed by atoms with E-state index in [-0.39, 0.29) is 10.8 Å². The van der Waals surface area contributed by atoms with Gasteiger partial charge in [-0.25, -0.2) is 0 Å². The smallest absolute Gasteiger partial charge is 0.259 e. The maximum Gasteiger partial charge on any atom is 0.259 e. The molecule has 35 heavy (non-hydrogen) atoms. The van der Waals surface area contributed by atoms with E-state index in [1.807, 2.05) is 6.07 Å². The second-order valence-corrected chi connectivity index (χ2v) is 11.3. The molecule has 0 radical (unpaired) electrons. The van der Waals surface area contributed by atoms with E-state index in [4.69, 9.17) is 14.2 Å². The van der Waals surface area contributed by atoms with Crippen molar-refractivity contribution in [1.82, 2.24) is 20.0 Å². The van der Waals surface area contributed by atoms with Gasteiger partial charge in [0.15, 0.2) is 5.82 Å². The summed E-state index contributed by atoms with van der Waals surface area (Å²) in [7, 11) is 2.08. The molecule has 0 amide bonds. The fourth-order valence-electron chi connectivity index (χ4n) is 5.73. The van der Waals surface area contributed by atoms with Crippen molar-refractivity contribution >= 4 is 0 Å². The van der Waals surface area contributed by atoms with Gasteiger partial charge in [0.05, 0.1) is 5.56 Å². The molecule has 2 aliphatic heterocycles. The van der Waals surface area contributed by atoms with Gasteiger partial charge < -0.3 is 19.3 Å². The lowest BCUT2D eigenvalue weighted by Crippen LogP contribution is -2.63. The molecule has 186 valence electrons. The summed E-state index contributed by atoms with van der Waals surface area (Å²) in [5.74, 6) is 1.56. The van der Waals surface area contributed by atoms with Crippen molar-refractivity contribution in [3.8, 4) is 11.5 Å². The molecule has 1 N–H and O–H groups in total. The highest BCUT2D eigenvalue weighted by Crippen LogP contribution is 2.50. The Bertz CT molecular complexity index is 1180. The maximum absolute atomic E-state index is 12.5. The molecule has 2 saturated heterocycles. The Balaban J connectivity index is 1.54. The van der Waals surface area contributed by atoms with Crippen LogP contribution in [0.1, 0.15) is 69.0 Å². The standard InChI is InChI=1S/C28H36N4O3/c1-19(2)20-6-8-22(9-7-20)28(33,27(4)17-32(5)18-27)23-14-21(15-29-16-23)24-30-25(31-35-24)26(3)10-12-34-13-11-26/h6-9,14-16,19,33H,10-13,17-18H2,1-5H3/t28-/m0/s1. The summed E-state index contributed by atoms with van der Waals surface area (Å²) in [5.41, 5.74) is 1.83. The number of likely N-dealkylation sites (tertiary alicyclic amines) is 1. The lowest BCUT2D eigenvalue weighted by atomic mass is 9.62. The molecule has 0 aliphatic carbocycles. The number of aliphatic hydroxyl groups is 1. The number of rotatable bonds is 6. The monoisotopic (exact) mass is 476 g/mol. The van der Waals surface area contributed by atoms with Crippen LogP contribution in [0.15, 0.2) is 47.2 Å². The molecule has 1 atom stereocenters. The van der Waals surface area contributed by atoms with Crippen LogP contribution in [-0.2, 0) is 15.8 Å². The second kappa shape index (κ2) is 8.80. The molecule has 7 heteroatoms. The van der Waals surface area contributed by atoms with Crippen molar-refractivity contribution in [3.05, 3.63) is 65.2 Å². The number of nitrogens with zero attached hydrogens (tertiary/aromatic N) is 4. The van der Waals surface area contributed by atoms with Crippen LogP contribution in [0, 0.1) is 5.41 Å². The number of benzene rings is 1. The van der Waals surface area contributed by atoms with Gasteiger partial charge in [0.1, 0.15) is 5.60 Å². The van der Waals surface area contributed by atoms with Crippen molar-refractivity contribution in [2.75, 3.05) is 33.4 Å². The normalized spacial score (nSPS) is 21.5. The van der Waals surface area contributed by atoms with Crippen molar-refractivity contribution < 1.29 is 14.4 Å². The fourth-order valence-corrected chi connectivity index (χ4v) is 5.73. The Labute approximate surface area is 207 Å². The summed E-state index contributed by atoms with van der Waals surface area (Å²) in [6.07, 6.45) is 5.22. The zero-order chi connectivity index (χ0) is 24.8. The van der Waals surface area contributed by atoms with Crippen LogP contribution in [0.3, 0.4) is 0 Å². The first-order valence-electron chi connectivity index (χ1n) is 12.5. The molecule has 2 aromatic heterocycles. The minimum atomic E-state index is -1.21. The Hall–Kier alpha value is -2.61. The topological polar surface area (TPSA) is 84.5 Å². The third-order valence-electron chi connectivity index (χ3n) is 8.07. The predicted molar refractivity (Wildman–Crippen MR) is 134 cm³/mol. The number of aromatic nitrogens is 3. The molecule has 0 spiro atoms. The third kappa shape index (κ3) is 4.09. The first-order chi connectivity index (χ1) is 16.6. The van der Waals surface area contributed by atoms with Gasteiger partial charge in [-0.15, -0.1) is 0 Å². The largest absolute Gasteiger partial charge is 0.381 e. The summed E-state index contributed by atoms with van der Waals surface area (Å²) in [6, 6.07) is 10.3. The Kier molecular flexibility index (Phi) is 6.06. The summed E-state index contributed by atoms with van der Waals surface area (Å²) in [6.45, 7) is 11.6. The van der Waals surface area contributed by atoms with Gasteiger partial charge >= 0.3 is 0 Å². The Morgan fingerprint density at radius 1 is 1.03 bits per heavy atom. The van der Waals surface area contributed by atoms with Crippen molar-refractivity contribution in [1.29, 1.82) is 0 Å². The molecule has 7 nitrogen and oxygen atoms in total. The van der Waals surface area contributed by atoms with E-state index < -0.39 is 5.60 Å². The highest BCUT2D eigenvalue weighted by Gasteiger charge is 2.55. The summed E-state index contributed by atoms with van der Waals surface area (Å²) in [4.78, 5) is 11.5. The molecular weight excluding hydrogens is 440 g/mol. The lowest BCUT2D eigenvalue weighted by molar-refractivity contribution is -0.127. The predicted octanol–water partition coefficient (Wildman–Crippen LogP) is 4.51. The molecule has 2 fully saturated rings. The van der Waals surface area contributed by atoms with Gasteiger partial charge in [0.25, 0.3) is 5.89 Å². The van der Waals surface area contributed by atoms with Gasteiger partial charge in [-0.05, 0) is 43.0 Å². The lowest BCUT2D eigenvalue weighted by Gasteiger charge is -2.55. The average molecular weight is 477 g/mol. The molecule has 0 unspecified atom stereocenters. The third-order valence-corrected chi connectivity index (χ3v) is 8.07. The highest BCUT2D eigenvalue weighted by atomic mass is 16.5. The molecule has 0 bridgehead atoms. The van der Waals surface area contributed by atoms with E-state index in [0.29, 0.717) is 36.4 Å². The zero-order valence-electron chi connectivity index (χ0n) is 21.4. The van der Waals surface area contributed by atoms with E-state index >= 15 is 0 Å². The number of pyridine rings is 1. The van der Waals surface area contributed by atoms with E-state index in [9.17, 15) is 5.11 Å². The van der Waals surface area contributed by atoms with Crippen LogP contribution in [0.5, 0.6) is 0 Å². The Morgan fingerprint density at radius 2 is 1.71 bits per heavy atom. The SMILES string of the molecule is CC(C)c1ccc([C@](O)(c2cncc(-c3nc(C4(C)CCOCC4)no3)c2)C2(C)CN(C)C2)cc1. The van der Waals surface area contributed by atoms with Crippen molar-refractivity contribution in [2.45, 2.75) is 57.5 Å². The molecule has 5 rings (SSSR count). The quantitative estimate of drug-likeness (QED) is 0.560. The van der Waals surface area contributed by atoms with E-state index in [1.165, 1.54) is 5.56 Å². The molecule has 0 saturated carbocycles. The van der Waals surface area contributed by atoms with Crippen LogP contribution < -0.4 is 0 Å². The van der Waals surface area contributed by atoms with E-state index in [2.05, 4.69) is 74.0 Å². The van der Waals surface area contributed by atoms with Crippen molar-refractivity contribution in [2.24, 2.45) is 5.41 Å². The van der Waals surface area contributed by atoms with Gasteiger partial charge in [0.2, 0.25) is 0 Å². The molecule has 4 heterocycles. The minimum Gasteiger partial charge on any atom is -0.381 e. The van der Waals surface area contributed by atoms with Crippen LogP contribution in [0.25, 0.3) is 11.5 Å². The van der Waals surface area contributed by atoms with Crippen LogP contribution >= 0.6 is 0 Å². The molecule has 2 aliphatic rings. The second-order valence-electron chi connectivity index (χ2n) is 11.3. The van der Waals surface area contributed by atoms with E-state index in [1.54, 1.807) is 12.4 Å². The summed E-state index contributed by atoms with van der Waals surface area (Å²) >= 11 is 0. The van der Waals surface area contributed by atoms with E-state index in [0.717, 1.165) is 37.1 Å². The van der Waals surface area contributed by atoms with Gasteiger partial charge in [-0.3, -0.25) is 4.98 Å². The molecule has 1 aromatic carbocycles. The number of hydrogen-bond acceptors (Lipinski definition) is 7. The first-order valence-corrected chi connectivity index (χ1v) is 12.5. The van der Waals surface area contributed by atoms with Crippen molar-refractivity contribution in [3.63, 3.8) is 0 Å². The zero-order valence-corrected chi connectivity index (χ0v) is 21.4. The number of ether oxygens (including phenoxy) is 1. The molecule has 3 aromatic rings. The number of hydrogen-bond donors (Lipinski definition) is 1. The maximum atomic E-state index is 12.5. The average Bonchev–Trinajstić information content (AvgIpc) is 3.35. The molecular formula is C28H36N4O3. The summed E-state index contributed by atoms with van der Waals surface area (Å²) < 4.78 is 11.2. The highest BCUT2D eigenvalue weighted by molar-refractivity contribution is 5.55. The Morgan fingerprint density at radius 3 is 2.34 bits per heavy atom. The van der Waals surface area contributed by atoms with Crippen LogP contribution in [-0.4, -0.2) is 58.5 Å². The van der Waals surface area contributed by atoms with Gasteiger partial charge in [-0.1, -0.05) is 57.1 Å². The summed E-state index contributed by atoms with van der Waals surface area (Å²) in [5, 5.41) is 16.8. The minimum absolute atomic E-state index is 0.159. The fraction of sp³-hybridized carbons (Fsp3) is 0.536. The first kappa shape index (κ1) is 24.1.